The fraction of sp³-hybridized carbons (Fsp3) is 0.571. The van der Waals surface area contributed by atoms with Crippen LogP contribution in [0.15, 0.2) is 12.1 Å². The van der Waals surface area contributed by atoms with E-state index in [2.05, 4.69) is 19.2 Å². The van der Waals surface area contributed by atoms with Crippen LogP contribution in [-0.4, -0.2) is 32.0 Å². The number of anilines is 1. The number of rotatable bonds is 6. The molecule has 0 saturated carbocycles. The van der Waals surface area contributed by atoms with Gasteiger partial charge in [-0.15, -0.1) is 0 Å². The molecule has 2 N–H and O–H groups in total. The lowest BCUT2D eigenvalue weighted by atomic mass is 10.0. The molecule has 0 aliphatic carbocycles. The van der Waals surface area contributed by atoms with Gasteiger partial charge >= 0.3 is 0 Å². The molecule has 1 rings (SSSR count). The van der Waals surface area contributed by atoms with Crippen LogP contribution in [0, 0.1) is 12.8 Å². The summed E-state index contributed by atoms with van der Waals surface area (Å²) in [4.78, 5) is 0. The Hall–Kier alpha value is -1.42. The van der Waals surface area contributed by atoms with Crippen molar-refractivity contribution in [3.05, 3.63) is 17.7 Å². The fourth-order valence-electron chi connectivity index (χ4n) is 1.79. The molecule has 4 heteroatoms. The summed E-state index contributed by atoms with van der Waals surface area (Å²) in [7, 11) is 3.28. The Morgan fingerprint density at radius 2 is 1.78 bits per heavy atom. The highest BCUT2D eigenvalue weighted by Gasteiger charge is 2.15. The summed E-state index contributed by atoms with van der Waals surface area (Å²) in [6.45, 7) is 6.17. The molecule has 0 radical (unpaired) electrons. The molecule has 0 heterocycles. The van der Waals surface area contributed by atoms with Gasteiger partial charge in [0.1, 0.15) is 11.5 Å². The standard InChI is InChI=1S/C14H23NO3/c1-9(2)12(8-16)15-11-7-13(17-4)10(3)6-14(11)18-5/h6-7,9,12,15-16H,8H2,1-5H3. The SMILES string of the molecule is COc1cc(NC(CO)C(C)C)c(OC)cc1C. The van der Waals surface area contributed by atoms with Gasteiger partial charge in [-0.3, -0.25) is 0 Å². The van der Waals surface area contributed by atoms with E-state index in [4.69, 9.17) is 9.47 Å². The highest BCUT2D eigenvalue weighted by Crippen LogP contribution is 2.33. The van der Waals surface area contributed by atoms with Crippen LogP contribution < -0.4 is 14.8 Å². The number of hydrogen-bond acceptors (Lipinski definition) is 4. The summed E-state index contributed by atoms with van der Waals surface area (Å²) < 4.78 is 10.7. The Kier molecular flexibility index (Phi) is 5.28. The van der Waals surface area contributed by atoms with Crippen molar-refractivity contribution in [2.24, 2.45) is 5.92 Å². The minimum atomic E-state index is -0.00804. The summed E-state index contributed by atoms with van der Waals surface area (Å²) in [5.74, 6) is 1.89. The third kappa shape index (κ3) is 3.29. The van der Waals surface area contributed by atoms with Gasteiger partial charge in [-0.05, 0) is 24.5 Å². The Bertz CT molecular complexity index is 391. The normalized spacial score (nSPS) is 12.4. The van der Waals surface area contributed by atoms with Crippen molar-refractivity contribution < 1.29 is 14.6 Å². The molecule has 102 valence electrons. The van der Waals surface area contributed by atoms with Crippen LogP contribution in [0.5, 0.6) is 11.5 Å². The molecule has 18 heavy (non-hydrogen) atoms. The Morgan fingerprint density at radius 1 is 1.17 bits per heavy atom. The molecule has 4 nitrogen and oxygen atoms in total. The van der Waals surface area contributed by atoms with Gasteiger partial charge in [0.25, 0.3) is 0 Å². The third-order valence-electron chi connectivity index (χ3n) is 3.06. The largest absolute Gasteiger partial charge is 0.496 e. The van der Waals surface area contributed by atoms with Crippen molar-refractivity contribution in [2.45, 2.75) is 26.8 Å². The number of aryl methyl sites for hydroxylation is 1. The Labute approximate surface area is 109 Å². The quantitative estimate of drug-likeness (QED) is 0.817. The molecular weight excluding hydrogens is 230 g/mol. The van der Waals surface area contributed by atoms with Crippen molar-refractivity contribution >= 4 is 5.69 Å². The lowest BCUT2D eigenvalue weighted by molar-refractivity contribution is 0.249. The van der Waals surface area contributed by atoms with Crippen LogP contribution in [0.1, 0.15) is 19.4 Å². The molecule has 1 unspecified atom stereocenters. The van der Waals surface area contributed by atoms with Crippen molar-refractivity contribution in [1.82, 2.24) is 0 Å². The zero-order valence-electron chi connectivity index (χ0n) is 11.8. The number of methoxy groups -OCH3 is 2. The highest BCUT2D eigenvalue weighted by atomic mass is 16.5. The topological polar surface area (TPSA) is 50.7 Å². The van der Waals surface area contributed by atoms with Crippen LogP contribution in [0.3, 0.4) is 0 Å². The second kappa shape index (κ2) is 6.50. The van der Waals surface area contributed by atoms with Crippen LogP contribution >= 0.6 is 0 Å². The summed E-state index contributed by atoms with van der Waals surface area (Å²) >= 11 is 0. The van der Waals surface area contributed by atoms with Gasteiger partial charge in [0.2, 0.25) is 0 Å². The van der Waals surface area contributed by atoms with E-state index in [1.807, 2.05) is 19.1 Å². The second-order valence-corrected chi connectivity index (χ2v) is 4.70. The van der Waals surface area contributed by atoms with Gasteiger partial charge in [-0.25, -0.2) is 0 Å². The number of aliphatic hydroxyl groups excluding tert-OH is 1. The molecule has 0 saturated heterocycles. The van der Waals surface area contributed by atoms with Gasteiger partial charge in [-0.1, -0.05) is 13.8 Å². The van der Waals surface area contributed by atoms with E-state index in [1.165, 1.54) is 0 Å². The predicted molar refractivity (Wildman–Crippen MR) is 73.6 cm³/mol. The first-order valence-electron chi connectivity index (χ1n) is 6.13. The van der Waals surface area contributed by atoms with Crippen molar-refractivity contribution in [3.63, 3.8) is 0 Å². The number of hydrogen-bond donors (Lipinski definition) is 2. The molecule has 0 aliphatic rings. The number of nitrogens with one attached hydrogen (secondary N) is 1. The van der Waals surface area contributed by atoms with Gasteiger partial charge in [0.05, 0.1) is 32.6 Å². The van der Waals surface area contributed by atoms with E-state index in [0.29, 0.717) is 5.92 Å². The van der Waals surface area contributed by atoms with E-state index < -0.39 is 0 Å². The Balaban J connectivity index is 3.05. The molecule has 0 aromatic heterocycles. The van der Waals surface area contributed by atoms with Crippen LogP contribution in [0.25, 0.3) is 0 Å². The van der Waals surface area contributed by atoms with Crippen molar-refractivity contribution in [3.8, 4) is 11.5 Å². The first-order chi connectivity index (χ1) is 8.53. The molecule has 0 fully saturated rings. The number of ether oxygens (including phenoxy) is 2. The molecule has 1 aromatic carbocycles. The summed E-state index contributed by atoms with van der Waals surface area (Å²) in [6.07, 6.45) is 0. The minimum Gasteiger partial charge on any atom is -0.496 e. The molecule has 1 atom stereocenters. The fourth-order valence-corrected chi connectivity index (χ4v) is 1.79. The summed E-state index contributed by atoms with van der Waals surface area (Å²) in [5, 5.41) is 12.7. The van der Waals surface area contributed by atoms with E-state index in [1.54, 1.807) is 14.2 Å². The average Bonchev–Trinajstić information content (AvgIpc) is 2.36. The molecule has 1 aromatic rings. The zero-order chi connectivity index (χ0) is 13.7. The molecule has 0 bridgehead atoms. The van der Waals surface area contributed by atoms with Gasteiger partial charge in [0, 0.05) is 6.07 Å². The lowest BCUT2D eigenvalue weighted by Gasteiger charge is -2.23. The predicted octanol–water partition coefficient (Wildman–Crippen LogP) is 2.44. The van der Waals surface area contributed by atoms with E-state index >= 15 is 0 Å². The summed E-state index contributed by atoms with van der Waals surface area (Å²) in [6, 6.07) is 3.82. The maximum absolute atomic E-state index is 9.37. The molecular formula is C14H23NO3. The summed E-state index contributed by atoms with van der Waals surface area (Å²) in [5.41, 5.74) is 1.86. The van der Waals surface area contributed by atoms with E-state index in [0.717, 1.165) is 22.7 Å². The van der Waals surface area contributed by atoms with Crippen LogP contribution in [0.4, 0.5) is 5.69 Å². The zero-order valence-corrected chi connectivity index (χ0v) is 11.8. The lowest BCUT2D eigenvalue weighted by Crippen LogP contribution is -2.29. The van der Waals surface area contributed by atoms with Crippen molar-refractivity contribution in [2.75, 3.05) is 26.1 Å². The van der Waals surface area contributed by atoms with E-state index in [-0.39, 0.29) is 12.6 Å². The van der Waals surface area contributed by atoms with Gasteiger partial charge in [0.15, 0.2) is 0 Å². The van der Waals surface area contributed by atoms with Crippen LogP contribution in [0.2, 0.25) is 0 Å². The van der Waals surface area contributed by atoms with E-state index in [9.17, 15) is 5.11 Å². The van der Waals surface area contributed by atoms with Crippen LogP contribution in [-0.2, 0) is 0 Å². The number of aliphatic hydroxyl groups is 1. The maximum Gasteiger partial charge on any atom is 0.142 e. The molecule has 0 aliphatic heterocycles. The van der Waals surface area contributed by atoms with Crippen molar-refractivity contribution in [1.29, 1.82) is 0 Å². The Morgan fingerprint density at radius 3 is 2.22 bits per heavy atom. The molecule has 0 spiro atoms. The first-order valence-corrected chi connectivity index (χ1v) is 6.13. The smallest absolute Gasteiger partial charge is 0.142 e. The molecule has 0 amide bonds. The third-order valence-corrected chi connectivity index (χ3v) is 3.06. The minimum absolute atomic E-state index is 0.00804. The first kappa shape index (κ1) is 14.6. The van der Waals surface area contributed by atoms with Gasteiger partial charge in [-0.2, -0.15) is 0 Å². The monoisotopic (exact) mass is 253 g/mol. The second-order valence-electron chi connectivity index (χ2n) is 4.70. The highest BCUT2D eigenvalue weighted by molar-refractivity contribution is 5.62. The van der Waals surface area contributed by atoms with Gasteiger partial charge < -0.3 is 19.9 Å². The maximum atomic E-state index is 9.37. The number of benzene rings is 1. The average molecular weight is 253 g/mol.